The normalized spacial score (nSPS) is 51.3. The molecule has 0 amide bonds. The molecular weight excluding hydrogens is 347 g/mol. The van der Waals surface area contributed by atoms with Crippen LogP contribution in [0.5, 0.6) is 0 Å². The van der Waals surface area contributed by atoms with Gasteiger partial charge in [-0.1, -0.05) is 26.8 Å². The third kappa shape index (κ3) is 2.47. The van der Waals surface area contributed by atoms with Gasteiger partial charge in [0.1, 0.15) is 12.8 Å². The van der Waals surface area contributed by atoms with Gasteiger partial charge in [-0.2, -0.15) is 0 Å². The average molecular weight is 376 g/mol. The Morgan fingerprint density at radius 2 is 2.04 bits per heavy atom. The summed E-state index contributed by atoms with van der Waals surface area (Å²) < 4.78 is 15.2. The molecule has 2 N–H and O–H groups in total. The van der Waals surface area contributed by atoms with E-state index in [-0.39, 0.29) is 47.6 Å². The van der Waals surface area contributed by atoms with Crippen molar-refractivity contribution in [2.45, 2.75) is 52.3 Å². The molecular formula is C22H29FO4. The van der Waals surface area contributed by atoms with Crippen LogP contribution in [-0.2, 0) is 9.59 Å². The van der Waals surface area contributed by atoms with E-state index in [2.05, 4.69) is 0 Å². The number of carbonyl (C=O) groups excluding carboxylic acids is 2. The number of rotatable bonds is 2. The lowest BCUT2D eigenvalue weighted by molar-refractivity contribution is -0.144. The van der Waals surface area contributed by atoms with Crippen molar-refractivity contribution in [2.75, 3.05) is 6.61 Å². The summed E-state index contributed by atoms with van der Waals surface area (Å²) in [4.78, 5) is 24.3. The van der Waals surface area contributed by atoms with Crippen LogP contribution in [0.3, 0.4) is 0 Å². The molecule has 0 aromatic rings. The van der Waals surface area contributed by atoms with Gasteiger partial charge < -0.3 is 10.2 Å². The molecule has 0 aliphatic heterocycles. The SMILES string of the molecule is C[C@@H]1C[C@H]2[C@@H]3C[C@H](F)C4=CC(=O)C=C[C@@]4(C)[C@@H]3[C@@H](O)C[C@]2(C)[C@H]1C(=O)CO. The molecule has 0 spiro atoms. The Morgan fingerprint density at radius 3 is 2.70 bits per heavy atom. The molecule has 27 heavy (non-hydrogen) atoms. The summed E-state index contributed by atoms with van der Waals surface area (Å²) in [5, 5.41) is 20.6. The minimum atomic E-state index is -1.21. The Balaban J connectivity index is 1.77. The van der Waals surface area contributed by atoms with Gasteiger partial charge >= 0.3 is 0 Å². The smallest absolute Gasteiger partial charge is 0.178 e. The van der Waals surface area contributed by atoms with E-state index in [0.29, 0.717) is 12.0 Å². The molecule has 0 unspecified atom stereocenters. The van der Waals surface area contributed by atoms with Crippen molar-refractivity contribution in [1.82, 2.24) is 0 Å². The number of hydrogen-bond donors (Lipinski definition) is 2. The maximum absolute atomic E-state index is 15.2. The van der Waals surface area contributed by atoms with Crippen molar-refractivity contribution in [3.63, 3.8) is 0 Å². The monoisotopic (exact) mass is 376 g/mol. The van der Waals surface area contributed by atoms with E-state index >= 15 is 4.39 Å². The molecule has 0 aromatic carbocycles. The molecule has 0 aromatic heterocycles. The maximum atomic E-state index is 15.2. The number of hydrogen-bond acceptors (Lipinski definition) is 4. The van der Waals surface area contributed by atoms with Crippen LogP contribution in [-0.4, -0.2) is 40.7 Å². The first-order valence-electron chi connectivity index (χ1n) is 10.0. The van der Waals surface area contributed by atoms with Gasteiger partial charge in [-0.3, -0.25) is 9.59 Å². The first kappa shape index (κ1) is 19.0. The standard InChI is InChI=1S/C22H29FO4/c1-11-6-14-13-8-16(23)15-7-12(25)4-5-21(15,2)20(13)17(26)9-22(14,3)19(11)18(27)10-24/h4-5,7,11,13-14,16-17,19-20,24,26H,6,8-10H2,1-3H3/t11-,13+,14+,16+,17+,19-,20+,21-,22+/m1/s1. The lowest BCUT2D eigenvalue weighted by atomic mass is 9.46. The van der Waals surface area contributed by atoms with Crippen molar-refractivity contribution in [1.29, 1.82) is 0 Å². The Bertz CT molecular complexity index is 743. The number of aliphatic hydroxyl groups excluding tert-OH is 2. The van der Waals surface area contributed by atoms with Crippen LogP contribution in [0.4, 0.5) is 4.39 Å². The molecule has 5 heteroatoms. The third-order valence-corrected chi connectivity index (χ3v) is 8.32. The van der Waals surface area contributed by atoms with Gasteiger partial charge in [0, 0.05) is 17.3 Å². The summed E-state index contributed by atoms with van der Waals surface area (Å²) in [6.07, 6.45) is 4.39. The molecule has 0 heterocycles. The van der Waals surface area contributed by atoms with Crippen LogP contribution >= 0.6 is 0 Å². The van der Waals surface area contributed by atoms with Crippen molar-refractivity contribution in [3.05, 3.63) is 23.8 Å². The van der Waals surface area contributed by atoms with Gasteiger partial charge in [-0.05, 0) is 60.2 Å². The molecule has 3 fully saturated rings. The Hall–Kier alpha value is -1.33. The van der Waals surface area contributed by atoms with E-state index in [4.69, 9.17) is 0 Å². The van der Waals surface area contributed by atoms with Crippen LogP contribution in [0.2, 0.25) is 0 Å². The van der Waals surface area contributed by atoms with Crippen molar-refractivity contribution in [2.24, 2.45) is 40.4 Å². The average Bonchev–Trinajstić information content (AvgIpc) is 2.85. The predicted molar refractivity (Wildman–Crippen MR) is 98.4 cm³/mol. The number of ketones is 2. The van der Waals surface area contributed by atoms with E-state index in [1.807, 2.05) is 20.8 Å². The molecule has 9 atom stereocenters. The zero-order valence-corrected chi connectivity index (χ0v) is 16.2. The quantitative estimate of drug-likeness (QED) is 0.777. The van der Waals surface area contributed by atoms with Crippen molar-refractivity contribution in [3.8, 4) is 0 Å². The molecule has 0 bridgehead atoms. The Labute approximate surface area is 159 Å². The van der Waals surface area contributed by atoms with E-state index in [0.717, 1.165) is 6.42 Å². The fraction of sp³-hybridized carbons (Fsp3) is 0.727. The predicted octanol–water partition coefficient (Wildman–Crippen LogP) is 2.64. The van der Waals surface area contributed by atoms with Gasteiger partial charge in [0.2, 0.25) is 0 Å². The van der Waals surface area contributed by atoms with E-state index in [9.17, 15) is 19.8 Å². The number of carbonyl (C=O) groups is 2. The fourth-order valence-corrected chi connectivity index (χ4v) is 7.49. The molecule has 148 valence electrons. The van der Waals surface area contributed by atoms with Crippen LogP contribution in [0, 0.1) is 40.4 Å². The highest BCUT2D eigenvalue weighted by molar-refractivity contribution is 6.01. The number of aliphatic hydroxyl groups is 2. The zero-order valence-electron chi connectivity index (χ0n) is 16.2. The summed E-state index contributed by atoms with van der Waals surface area (Å²) in [7, 11) is 0. The number of allylic oxidation sites excluding steroid dienone is 4. The Kier molecular flexibility index (Phi) is 4.28. The minimum absolute atomic E-state index is 0.0484. The molecule has 4 nitrogen and oxygen atoms in total. The van der Waals surface area contributed by atoms with Gasteiger partial charge in [-0.15, -0.1) is 0 Å². The molecule has 4 rings (SSSR count). The summed E-state index contributed by atoms with van der Waals surface area (Å²) in [5.74, 6) is -0.626. The van der Waals surface area contributed by atoms with Gasteiger partial charge in [-0.25, -0.2) is 4.39 Å². The second-order valence-corrected chi connectivity index (χ2v) is 9.71. The largest absolute Gasteiger partial charge is 0.393 e. The number of Topliss-reactive ketones (excluding diaryl/α,β-unsaturated/α-hetero) is 1. The fourth-order valence-electron chi connectivity index (χ4n) is 7.49. The topological polar surface area (TPSA) is 74.6 Å². The molecule has 3 saturated carbocycles. The van der Waals surface area contributed by atoms with E-state index in [1.165, 1.54) is 12.2 Å². The van der Waals surface area contributed by atoms with Gasteiger partial charge in [0.15, 0.2) is 11.6 Å². The number of fused-ring (bicyclic) bond motifs is 5. The van der Waals surface area contributed by atoms with Crippen LogP contribution < -0.4 is 0 Å². The lowest BCUT2D eigenvalue weighted by Crippen LogP contribution is -2.58. The first-order chi connectivity index (χ1) is 12.6. The summed E-state index contributed by atoms with van der Waals surface area (Å²) in [5.41, 5.74) is -0.599. The number of alkyl halides is 1. The maximum Gasteiger partial charge on any atom is 0.178 e. The second kappa shape index (κ2) is 6.08. The Morgan fingerprint density at radius 1 is 1.33 bits per heavy atom. The molecule has 4 aliphatic carbocycles. The summed E-state index contributed by atoms with van der Waals surface area (Å²) in [6.45, 7) is 5.53. The minimum Gasteiger partial charge on any atom is -0.393 e. The lowest BCUT2D eigenvalue weighted by Gasteiger charge is -2.59. The first-order valence-corrected chi connectivity index (χ1v) is 10.0. The number of halogens is 1. The molecule has 0 saturated heterocycles. The highest BCUT2D eigenvalue weighted by Crippen LogP contribution is 2.67. The van der Waals surface area contributed by atoms with Gasteiger partial charge in [0.05, 0.1) is 6.10 Å². The van der Waals surface area contributed by atoms with Crippen molar-refractivity contribution < 1.29 is 24.2 Å². The second-order valence-electron chi connectivity index (χ2n) is 9.71. The molecule has 4 aliphatic rings. The van der Waals surface area contributed by atoms with E-state index < -0.39 is 29.7 Å². The van der Waals surface area contributed by atoms with Crippen LogP contribution in [0.1, 0.15) is 40.0 Å². The third-order valence-electron chi connectivity index (χ3n) is 8.32. The summed E-state index contributed by atoms with van der Waals surface area (Å²) >= 11 is 0. The van der Waals surface area contributed by atoms with Crippen LogP contribution in [0.25, 0.3) is 0 Å². The molecule has 0 radical (unpaired) electrons. The van der Waals surface area contributed by atoms with E-state index in [1.54, 1.807) is 6.08 Å². The van der Waals surface area contributed by atoms with Gasteiger partial charge in [0.25, 0.3) is 0 Å². The zero-order chi connectivity index (χ0) is 19.7. The van der Waals surface area contributed by atoms with Crippen molar-refractivity contribution >= 4 is 11.6 Å². The summed E-state index contributed by atoms with van der Waals surface area (Å²) in [6, 6.07) is 0. The highest BCUT2D eigenvalue weighted by Gasteiger charge is 2.65. The highest BCUT2D eigenvalue weighted by atomic mass is 19.1. The van der Waals surface area contributed by atoms with Crippen LogP contribution in [0.15, 0.2) is 23.8 Å².